The van der Waals surface area contributed by atoms with Crippen molar-refractivity contribution in [2.24, 2.45) is 0 Å². The summed E-state index contributed by atoms with van der Waals surface area (Å²) in [6.45, 7) is 3.51. The first-order valence-electron chi connectivity index (χ1n) is 7.45. The molecule has 0 bridgehead atoms. The van der Waals surface area contributed by atoms with E-state index in [-0.39, 0.29) is 35.5 Å². The average Bonchev–Trinajstić information content (AvgIpc) is 3.00. The van der Waals surface area contributed by atoms with Crippen LogP contribution in [0.1, 0.15) is 40.5 Å². The summed E-state index contributed by atoms with van der Waals surface area (Å²) in [6.07, 6.45) is 0.0240. The van der Waals surface area contributed by atoms with E-state index in [1.807, 2.05) is 0 Å². The number of carbonyl (C=O) groups is 2. The fraction of sp³-hybridized carbons (Fsp3) is 0.400. The Morgan fingerprint density at radius 2 is 2.12 bits per heavy atom. The summed E-state index contributed by atoms with van der Waals surface area (Å²) in [6, 6.07) is 3.26. The molecule has 0 fully saturated rings. The van der Waals surface area contributed by atoms with Gasteiger partial charge in [0.1, 0.15) is 10.6 Å². The molecule has 0 aliphatic heterocycles. The minimum Gasteiger partial charge on any atom is -0.477 e. The van der Waals surface area contributed by atoms with Gasteiger partial charge in [0.25, 0.3) is 5.56 Å². The largest absolute Gasteiger partial charge is 0.477 e. The van der Waals surface area contributed by atoms with Gasteiger partial charge >= 0.3 is 11.9 Å². The number of esters is 1. The third kappa shape index (κ3) is 5.98. The lowest BCUT2D eigenvalue weighted by atomic mass is 10.2. The first-order chi connectivity index (χ1) is 11.8. The predicted octanol–water partition coefficient (Wildman–Crippen LogP) is 2.10. The van der Waals surface area contributed by atoms with Gasteiger partial charge in [-0.3, -0.25) is 14.6 Å². The topological polar surface area (TPSA) is 122 Å². The normalized spacial score (nSPS) is 10.8. The number of carboxylic acids is 1. The number of hydrogen-bond donors (Lipinski definition) is 2. The zero-order valence-corrected chi connectivity index (χ0v) is 15.3. The maximum absolute atomic E-state index is 12.0. The van der Waals surface area contributed by atoms with Crippen molar-refractivity contribution in [3.63, 3.8) is 0 Å². The Hall–Kier alpha value is -2.20. The molecule has 2 aromatic heterocycles. The number of nitrogens with one attached hydrogen (secondary N) is 1. The lowest BCUT2D eigenvalue weighted by Gasteiger charge is -2.07. The summed E-state index contributed by atoms with van der Waals surface area (Å²) in [4.78, 5) is 38.0. The summed E-state index contributed by atoms with van der Waals surface area (Å²) in [7, 11) is 0. The Kier molecular flexibility index (Phi) is 6.71. The first kappa shape index (κ1) is 19.1. The van der Waals surface area contributed by atoms with Crippen LogP contribution in [0.2, 0.25) is 0 Å². The van der Waals surface area contributed by atoms with Crippen LogP contribution in [0.15, 0.2) is 22.1 Å². The molecule has 0 saturated carbocycles. The Morgan fingerprint density at radius 1 is 1.36 bits per heavy atom. The van der Waals surface area contributed by atoms with E-state index in [1.54, 1.807) is 19.9 Å². The third-order valence-corrected chi connectivity index (χ3v) is 5.07. The van der Waals surface area contributed by atoms with Gasteiger partial charge in [0.05, 0.1) is 12.5 Å². The third-order valence-electron chi connectivity index (χ3n) is 2.90. The zero-order valence-electron chi connectivity index (χ0n) is 13.6. The average molecular weight is 383 g/mol. The minimum atomic E-state index is -0.963. The second-order valence-corrected chi connectivity index (χ2v) is 7.44. The maximum atomic E-state index is 12.0. The van der Waals surface area contributed by atoms with E-state index in [9.17, 15) is 14.4 Å². The summed E-state index contributed by atoms with van der Waals surface area (Å²) < 4.78 is 5.00. The molecule has 134 valence electrons. The van der Waals surface area contributed by atoms with Gasteiger partial charge in [0.2, 0.25) is 0 Å². The standard InChI is InChI=1S/C15H17N3O5S2/c1-8(2)23-12(19)6-4-10-13(20)16-15(18-17-10)24-7-9-3-5-11(25-9)14(21)22/h3,5,8H,4,6-7H2,1-2H3,(H,21,22)(H,16,18,20). The van der Waals surface area contributed by atoms with Crippen LogP contribution in [0.4, 0.5) is 0 Å². The van der Waals surface area contributed by atoms with Gasteiger partial charge in [0, 0.05) is 17.1 Å². The van der Waals surface area contributed by atoms with Gasteiger partial charge < -0.3 is 9.84 Å². The Balaban J connectivity index is 1.91. The van der Waals surface area contributed by atoms with Crippen LogP contribution in [0.25, 0.3) is 0 Å². The molecule has 0 atom stereocenters. The number of aromatic amines is 1. The molecule has 2 N–H and O–H groups in total. The summed E-state index contributed by atoms with van der Waals surface area (Å²) in [5.74, 6) is -0.876. The number of carboxylic acid groups (broad SMARTS) is 1. The van der Waals surface area contributed by atoms with E-state index in [0.717, 1.165) is 4.88 Å². The Morgan fingerprint density at radius 3 is 2.72 bits per heavy atom. The molecule has 0 aliphatic rings. The maximum Gasteiger partial charge on any atom is 0.345 e. The smallest absolute Gasteiger partial charge is 0.345 e. The van der Waals surface area contributed by atoms with Gasteiger partial charge in [-0.25, -0.2) is 4.79 Å². The highest BCUT2D eigenvalue weighted by molar-refractivity contribution is 7.98. The summed E-state index contributed by atoms with van der Waals surface area (Å²) in [5, 5.41) is 17.0. The number of ether oxygens (including phenoxy) is 1. The van der Waals surface area contributed by atoms with Gasteiger partial charge in [0.15, 0.2) is 5.16 Å². The second-order valence-electron chi connectivity index (χ2n) is 5.30. The van der Waals surface area contributed by atoms with Crippen molar-refractivity contribution < 1.29 is 19.4 Å². The molecule has 0 radical (unpaired) electrons. The molecule has 0 spiro atoms. The number of nitrogens with zero attached hydrogens (tertiary/aromatic N) is 2. The van der Waals surface area contributed by atoms with Crippen LogP contribution >= 0.6 is 23.1 Å². The van der Waals surface area contributed by atoms with E-state index < -0.39 is 11.5 Å². The van der Waals surface area contributed by atoms with Gasteiger partial charge in [-0.15, -0.1) is 21.5 Å². The molecular formula is C15H17N3O5S2. The molecule has 2 rings (SSSR count). The van der Waals surface area contributed by atoms with Crippen molar-refractivity contribution in [2.75, 3.05) is 0 Å². The summed E-state index contributed by atoms with van der Waals surface area (Å²) in [5.41, 5.74) is -0.221. The Labute approximate surface area is 151 Å². The number of aromatic carboxylic acids is 1. The molecule has 0 saturated heterocycles. The molecule has 0 amide bonds. The highest BCUT2D eigenvalue weighted by Crippen LogP contribution is 2.24. The fourth-order valence-corrected chi connectivity index (χ4v) is 3.52. The quantitative estimate of drug-likeness (QED) is 0.525. The highest BCUT2D eigenvalue weighted by Gasteiger charge is 2.12. The number of thiophene rings is 1. The molecule has 8 nitrogen and oxygen atoms in total. The van der Waals surface area contributed by atoms with Crippen molar-refractivity contribution in [1.29, 1.82) is 0 Å². The molecule has 0 aromatic carbocycles. The number of rotatable bonds is 8. The number of thioether (sulfide) groups is 1. The predicted molar refractivity (Wildman–Crippen MR) is 93.0 cm³/mol. The molecule has 2 heterocycles. The molecule has 25 heavy (non-hydrogen) atoms. The monoisotopic (exact) mass is 383 g/mol. The van der Waals surface area contributed by atoms with Crippen molar-refractivity contribution in [2.45, 2.75) is 43.7 Å². The lowest BCUT2D eigenvalue weighted by Crippen LogP contribution is -2.20. The van der Waals surface area contributed by atoms with E-state index in [1.165, 1.54) is 29.2 Å². The minimum absolute atomic E-state index is 0.0651. The molecule has 2 aromatic rings. The summed E-state index contributed by atoms with van der Waals surface area (Å²) >= 11 is 2.42. The number of carbonyl (C=O) groups excluding carboxylic acids is 1. The SMILES string of the molecule is CC(C)OC(=O)CCc1nnc(SCc2ccc(C(=O)O)s2)[nH]c1=O. The van der Waals surface area contributed by atoms with Crippen LogP contribution in [-0.2, 0) is 21.7 Å². The van der Waals surface area contributed by atoms with Crippen molar-refractivity contribution in [1.82, 2.24) is 15.2 Å². The molecule has 10 heteroatoms. The van der Waals surface area contributed by atoms with Crippen LogP contribution in [0.3, 0.4) is 0 Å². The van der Waals surface area contributed by atoms with Crippen molar-refractivity contribution >= 4 is 35.0 Å². The number of hydrogen-bond acceptors (Lipinski definition) is 8. The van der Waals surface area contributed by atoms with Crippen LogP contribution in [0.5, 0.6) is 0 Å². The fourth-order valence-electron chi connectivity index (χ4n) is 1.83. The van der Waals surface area contributed by atoms with Crippen LogP contribution < -0.4 is 5.56 Å². The molecular weight excluding hydrogens is 366 g/mol. The van der Waals surface area contributed by atoms with Crippen molar-refractivity contribution in [3.05, 3.63) is 37.9 Å². The second kappa shape index (κ2) is 8.77. The number of H-pyrrole nitrogens is 1. The van der Waals surface area contributed by atoms with Gasteiger partial charge in [-0.05, 0) is 26.0 Å². The van der Waals surface area contributed by atoms with E-state index in [0.29, 0.717) is 10.9 Å². The van der Waals surface area contributed by atoms with E-state index in [2.05, 4.69) is 15.2 Å². The number of aryl methyl sites for hydroxylation is 1. The van der Waals surface area contributed by atoms with Crippen LogP contribution in [-0.4, -0.2) is 38.3 Å². The van der Waals surface area contributed by atoms with Gasteiger partial charge in [-0.1, -0.05) is 11.8 Å². The van der Waals surface area contributed by atoms with Crippen LogP contribution in [0, 0.1) is 0 Å². The molecule has 0 unspecified atom stereocenters. The van der Waals surface area contributed by atoms with Gasteiger partial charge in [-0.2, -0.15) is 0 Å². The van der Waals surface area contributed by atoms with Crippen molar-refractivity contribution in [3.8, 4) is 0 Å². The zero-order chi connectivity index (χ0) is 18.4. The molecule has 0 aliphatic carbocycles. The number of aromatic nitrogens is 3. The lowest BCUT2D eigenvalue weighted by molar-refractivity contribution is -0.147. The van der Waals surface area contributed by atoms with E-state index in [4.69, 9.17) is 9.84 Å². The Bertz CT molecular complexity index is 815. The highest BCUT2D eigenvalue weighted by atomic mass is 32.2. The van der Waals surface area contributed by atoms with E-state index >= 15 is 0 Å². The first-order valence-corrected chi connectivity index (χ1v) is 9.25.